The second-order valence-corrected chi connectivity index (χ2v) is 15.2. The van der Waals surface area contributed by atoms with Crippen LogP contribution in [-0.4, -0.2) is 28.2 Å². The lowest BCUT2D eigenvalue weighted by atomic mass is 9.47. The minimum atomic E-state index is -0.126. The van der Waals surface area contributed by atoms with Crippen molar-refractivity contribution >= 4 is 5.91 Å². The Balaban J connectivity index is 1.00. The van der Waals surface area contributed by atoms with Gasteiger partial charge < -0.3 is 5.11 Å². The predicted molar refractivity (Wildman–Crippen MR) is 158 cm³/mol. The van der Waals surface area contributed by atoms with E-state index in [1.165, 1.54) is 44.1 Å². The maximum Gasteiger partial charge on any atom is 0.246 e. The number of amides is 1. The van der Waals surface area contributed by atoms with Crippen molar-refractivity contribution in [2.24, 2.45) is 46.3 Å². The largest absolute Gasteiger partial charge is 0.393 e. The van der Waals surface area contributed by atoms with E-state index in [1.807, 2.05) is 5.06 Å². The Morgan fingerprint density at radius 3 is 2.67 bits per heavy atom. The summed E-state index contributed by atoms with van der Waals surface area (Å²) in [6, 6.07) is 10.8. The number of hydrogen-bond donors (Lipinski definition) is 1. The molecule has 1 heterocycles. The number of fused-ring (bicyclic) bond motifs is 6. The molecule has 1 amide bonds. The highest BCUT2D eigenvalue weighted by atomic mass is 16.7. The fourth-order valence-electron chi connectivity index (χ4n) is 11.4. The first-order chi connectivity index (χ1) is 19.3. The molecule has 11 atom stereocenters. The summed E-state index contributed by atoms with van der Waals surface area (Å²) in [4.78, 5) is 20.0. The minimum absolute atomic E-state index is 0.0269. The number of benzene rings is 1. The van der Waals surface area contributed by atoms with Crippen LogP contribution in [0.3, 0.4) is 0 Å². The van der Waals surface area contributed by atoms with Gasteiger partial charge in [-0.2, -0.15) is 0 Å². The molecular weight excluding hydrogens is 494 g/mol. The number of carbonyl (C=O) groups is 1. The summed E-state index contributed by atoms with van der Waals surface area (Å²) in [6.45, 7) is 7.59. The lowest BCUT2D eigenvalue weighted by Crippen LogP contribution is -2.50. The van der Waals surface area contributed by atoms with Crippen LogP contribution in [0.2, 0.25) is 0 Å². The van der Waals surface area contributed by atoms with E-state index in [0.29, 0.717) is 35.0 Å². The molecule has 1 saturated heterocycles. The molecule has 40 heavy (non-hydrogen) atoms. The summed E-state index contributed by atoms with van der Waals surface area (Å²) in [5, 5.41) is 12.2. The molecular formula is C36H51NO3. The molecule has 0 radical (unpaired) electrons. The molecule has 218 valence electrons. The zero-order chi connectivity index (χ0) is 27.6. The van der Waals surface area contributed by atoms with Gasteiger partial charge in [-0.05, 0) is 117 Å². The van der Waals surface area contributed by atoms with Crippen LogP contribution in [0.15, 0.2) is 42.0 Å². The molecule has 4 nitrogen and oxygen atoms in total. The first-order valence-electron chi connectivity index (χ1n) is 16.7. The second-order valence-electron chi connectivity index (χ2n) is 15.2. The van der Waals surface area contributed by atoms with Crippen molar-refractivity contribution in [2.75, 3.05) is 0 Å². The summed E-state index contributed by atoms with van der Waals surface area (Å²) in [7, 11) is 0. The third-order valence-corrected chi connectivity index (χ3v) is 13.5. The summed E-state index contributed by atoms with van der Waals surface area (Å²) in [6.07, 6.45) is 17.1. The van der Waals surface area contributed by atoms with Gasteiger partial charge in [-0.25, -0.2) is 5.06 Å². The van der Waals surface area contributed by atoms with Gasteiger partial charge in [0.1, 0.15) is 6.10 Å². The van der Waals surface area contributed by atoms with Crippen LogP contribution < -0.4 is 0 Å². The van der Waals surface area contributed by atoms with Crippen LogP contribution in [0.1, 0.15) is 116 Å². The van der Waals surface area contributed by atoms with Crippen molar-refractivity contribution in [1.29, 1.82) is 0 Å². The topological polar surface area (TPSA) is 49.8 Å². The van der Waals surface area contributed by atoms with Gasteiger partial charge >= 0.3 is 0 Å². The number of hydroxylamine groups is 2. The van der Waals surface area contributed by atoms with Gasteiger partial charge in [0.05, 0.1) is 12.1 Å². The maximum absolute atomic E-state index is 13.6. The Morgan fingerprint density at radius 2 is 1.85 bits per heavy atom. The van der Waals surface area contributed by atoms with Gasteiger partial charge in [0, 0.05) is 12.3 Å². The van der Waals surface area contributed by atoms with Gasteiger partial charge in [0.15, 0.2) is 0 Å². The predicted octanol–water partition coefficient (Wildman–Crippen LogP) is 8.03. The molecule has 1 aromatic rings. The molecule has 6 aliphatic rings. The molecule has 1 N–H and O–H groups in total. The quantitative estimate of drug-likeness (QED) is 0.381. The number of allylic oxidation sites excluding steroid dienone is 1. The molecule has 0 unspecified atom stereocenters. The first kappa shape index (κ1) is 27.2. The van der Waals surface area contributed by atoms with Gasteiger partial charge in [0.2, 0.25) is 5.91 Å². The van der Waals surface area contributed by atoms with Gasteiger partial charge in [-0.3, -0.25) is 9.63 Å². The number of carbonyl (C=O) groups excluding carboxylic acids is 1. The maximum atomic E-state index is 13.6. The molecule has 5 aliphatic carbocycles. The zero-order valence-corrected chi connectivity index (χ0v) is 25.1. The van der Waals surface area contributed by atoms with E-state index in [2.05, 4.69) is 57.2 Å². The van der Waals surface area contributed by atoms with E-state index < -0.39 is 0 Å². The van der Waals surface area contributed by atoms with Crippen LogP contribution in [0.5, 0.6) is 0 Å². The highest BCUT2D eigenvalue weighted by Gasteiger charge is 2.59. The van der Waals surface area contributed by atoms with Crippen molar-refractivity contribution in [3.05, 3.63) is 47.5 Å². The fraction of sp³-hybridized carbons (Fsp3) is 0.750. The molecule has 1 aliphatic heterocycles. The highest BCUT2D eigenvalue weighted by molar-refractivity contribution is 5.75. The first-order valence-corrected chi connectivity index (χ1v) is 16.7. The summed E-state index contributed by atoms with van der Waals surface area (Å²) >= 11 is 0. The Hall–Kier alpha value is -1.65. The summed E-state index contributed by atoms with van der Waals surface area (Å²) in [5.41, 5.74) is 3.50. The van der Waals surface area contributed by atoms with Crippen LogP contribution in [0.25, 0.3) is 0 Å². The van der Waals surface area contributed by atoms with Crippen molar-refractivity contribution in [2.45, 2.75) is 122 Å². The molecule has 7 rings (SSSR count). The van der Waals surface area contributed by atoms with Crippen LogP contribution in [-0.2, 0) is 9.63 Å². The van der Waals surface area contributed by atoms with Crippen molar-refractivity contribution < 1.29 is 14.7 Å². The number of hydrogen-bond acceptors (Lipinski definition) is 3. The SMILES string of the molecule is C[C@H](CCC(=O)N1O[C@@H](c2ccccc2)[C@@H]2CCC[C@@H]21)[C@H]1CC[C@H]2[C@@H]3CC=C4C[C@@H](O)CC[C@]4(C)[C@H]3CC[C@]12C. The molecule has 0 spiro atoms. The third kappa shape index (κ3) is 4.25. The number of aliphatic hydroxyl groups excluding tert-OH is 1. The van der Waals surface area contributed by atoms with E-state index in [-0.39, 0.29) is 24.2 Å². The van der Waals surface area contributed by atoms with E-state index >= 15 is 0 Å². The average molecular weight is 546 g/mol. The molecule has 4 saturated carbocycles. The van der Waals surface area contributed by atoms with Crippen LogP contribution in [0.4, 0.5) is 0 Å². The van der Waals surface area contributed by atoms with E-state index in [0.717, 1.165) is 56.3 Å². The van der Waals surface area contributed by atoms with E-state index in [1.54, 1.807) is 5.57 Å². The average Bonchev–Trinajstić information content (AvgIpc) is 3.66. The summed E-state index contributed by atoms with van der Waals surface area (Å²) < 4.78 is 0. The lowest BCUT2D eigenvalue weighted by Gasteiger charge is -2.58. The fourth-order valence-corrected chi connectivity index (χ4v) is 11.4. The molecule has 0 aromatic heterocycles. The Morgan fingerprint density at radius 1 is 1.02 bits per heavy atom. The molecule has 5 fully saturated rings. The monoisotopic (exact) mass is 545 g/mol. The highest BCUT2D eigenvalue weighted by Crippen LogP contribution is 2.67. The lowest BCUT2D eigenvalue weighted by molar-refractivity contribution is -0.190. The Kier molecular flexibility index (Phi) is 6.98. The molecule has 0 bridgehead atoms. The number of aliphatic hydroxyl groups is 1. The van der Waals surface area contributed by atoms with Gasteiger partial charge in [0.25, 0.3) is 0 Å². The number of nitrogens with zero attached hydrogens (tertiary/aromatic N) is 1. The zero-order valence-electron chi connectivity index (χ0n) is 25.1. The summed E-state index contributed by atoms with van der Waals surface area (Å²) in [5.74, 6) is 4.33. The van der Waals surface area contributed by atoms with Crippen molar-refractivity contribution in [3.8, 4) is 0 Å². The Labute approximate surface area is 241 Å². The second kappa shape index (κ2) is 10.3. The van der Waals surface area contributed by atoms with Crippen molar-refractivity contribution in [3.63, 3.8) is 0 Å². The van der Waals surface area contributed by atoms with Gasteiger partial charge in [-0.1, -0.05) is 69.2 Å². The van der Waals surface area contributed by atoms with Gasteiger partial charge in [-0.15, -0.1) is 0 Å². The minimum Gasteiger partial charge on any atom is -0.393 e. The van der Waals surface area contributed by atoms with E-state index in [4.69, 9.17) is 4.84 Å². The van der Waals surface area contributed by atoms with E-state index in [9.17, 15) is 9.90 Å². The molecule has 1 aromatic carbocycles. The van der Waals surface area contributed by atoms with Crippen LogP contribution >= 0.6 is 0 Å². The standard InChI is InChI=1S/C36H51NO3/c1-23(12-17-33(39)37-32-11-7-10-28(32)34(40-37)24-8-5-4-6-9-24)29-15-16-30-27-14-13-25-22-26(38)18-20-35(25,2)31(27)19-21-36(29,30)3/h4-6,8-9,13,23,26-32,34,38H,7,10-12,14-22H2,1-3H3/t23-,26+,27+,28-,29-,30+,31+,32+,34+,35+,36-/m1/s1. The smallest absolute Gasteiger partial charge is 0.246 e. The molecule has 4 heteroatoms. The number of rotatable bonds is 5. The van der Waals surface area contributed by atoms with Crippen LogP contribution in [0, 0.1) is 46.3 Å². The third-order valence-electron chi connectivity index (χ3n) is 13.5. The Bertz CT molecular complexity index is 1130. The normalized spacial score (nSPS) is 44.8. The van der Waals surface area contributed by atoms with Crippen molar-refractivity contribution in [1.82, 2.24) is 5.06 Å².